The van der Waals surface area contributed by atoms with Gasteiger partial charge in [-0.1, -0.05) is 343 Å². The highest BCUT2D eigenvalue weighted by atomic mass is 16.6. The Kier molecular flexibility index (Phi) is 67.2. The molecule has 0 rings (SSSR count). The van der Waals surface area contributed by atoms with E-state index in [1.54, 1.807) is 0 Å². The highest BCUT2D eigenvalue weighted by molar-refractivity contribution is 5.71. The summed E-state index contributed by atoms with van der Waals surface area (Å²) in [6.45, 7) is 6.50. The number of ether oxygens (including phenoxy) is 3. The third-order valence-electron chi connectivity index (χ3n) is 15.6. The minimum atomic E-state index is -0.808. The van der Waals surface area contributed by atoms with Gasteiger partial charge in [0, 0.05) is 19.3 Å². The third kappa shape index (κ3) is 67.4. The summed E-state index contributed by atoms with van der Waals surface area (Å²) in [5, 5.41) is 0. The van der Waals surface area contributed by atoms with E-state index < -0.39 is 6.10 Å². The van der Waals surface area contributed by atoms with Crippen molar-refractivity contribution < 1.29 is 28.6 Å². The SMILES string of the molecule is CC/C=C\C/C=C\C/C=C\C/C=C\CCC(=O)OCC(COC(=O)CCCCCCCCCCCCCCCCCCCCCCCCCCCC)OC(=O)CCCCCCCCCCCC/C=C\C/C=C\C/C=C\CCCCCCC. The molecule has 0 saturated carbocycles. The smallest absolute Gasteiger partial charge is 0.306 e. The van der Waals surface area contributed by atoms with Gasteiger partial charge in [0.15, 0.2) is 6.10 Å². The van der Waals surface area contributed by atoms with E-state index >= 15 is 0 Å². The van der Waals surface area contributed by atoms with Crippen LogP contribution in [-0.4, -0.2) is 37.2 Å². The van der Waals surface area contributed by atoms with Gasteiger partial charge in [-0.2, -0.15) is 0 Å². The predicted octanol–water partition coefficient (Wildman–Crippen LogP) is 24.6. The van der Waals surface area contributed by atoms with Gasteiger partial charge in [0.1, 0.15) is 13.2 Å². The van der Waals surface area contributed by atoms with E-state index in [9.17, 15) is 14.4 Å². The molecule has 0 aromatic heterocycles. The Labute approximate surface area is 509 Å². The summed E-state index contributed by atoms with van der Waals surface area (Å²) in [6.07, 6.45) is 93.5. The van der Waals surface area contributed by atoms with Crippen LogP contribution in [0.5, 0.6) is 0 Å². The lowest BCUT2D eigenvalue weighted by Gasteiger charge is -2.18. The summed E-state index contributed by atoms with van der Waals surface area (Å²) in [5.74, 6) is -0.969. The van der Waals surface area contributed by atoms with Gasteiger partial charge >= 0.3 is 17.9 Å². The number of hydrogen-bond acceptors (Lipinski definition) is 6. The second-order valence-electron chi connectivity index (χ2n) is 23.8. The molecule has 0 aliphatic heterocycles. The maximum Gasteiger partial charge on any atom is 0.306 e. The second-order valence-corrected chi connectivity index (χ2v) is 23.8. The summed E-state index contributed by atoms with van der Waals surface area (Å²) in [5.41, 5.74) is 0. The Balaban J connectivity index is 4.28. The first-order valence-electron chi connectivity index (χ1n) is 35.6. The molecule has 1 unspecified atom stereocenters. The van der Waals surface area contributed by atoms with Crippen molar-refractivity contribution in [2.45, 2.75) is 367 Å². The van der Waals surface area contributed by atoms with Crippen molar-refractivity contribution in [2.75, 3.05) is 13.2 Å². The molecule has 0 fully saturated rings. The number of esters is 3. The fraction of sp³-hybridized carbons (Fsp3) is 0.776. The fourth-order valence-corrected chi connectivity index (χ4v) is 10.4. The Morgan fingerprint density at radius 2 is 0.500 bits per heavy atom. The van der Waals surface area contributed by atoms with Crippen LogP contribution in [-0.2, 0) is 28.6 Å². The number of hydrogen-bond donors (Lipinski definition) is 0. The molecule has 0 bridgehead atoms. The molecule has 0 aromatic rings. The molecule has 0 spiro atoms. The lowest BCUT2D eigenvalue weighted by molar-refractivity contribution is -0.166. The fourth-order valence-electron chi connectivity index (χ4n) is 10.4. The number of carbonyl (C=O) groups is 3. The Morgan fingerprint density at radius 1 is 0.256 bits per heavy atom. The molecule has 1 atom stereocenters. The maximum atomic E-state index is 12.9. The largest absolute Gasteiger partial charge is 0.462 e. The van der Waals surface area contributed by atoms with Crippen molar-refractivity contribution >= 4 is 17.9 Å². The van der Waals surface area contributed by atoms with Crippen LogP contribution in [0.3, 0.4) is 0 Å². The van der Waals surface area contributed by atoms with E-state index in [1.807, 2.05) is 6.08 Å². The van der Waals surface area contributed by atoms with Crippen LogP contribution in [0, 0.1) is 0 Å². The monoisotopic (exact) mass is 1140 g/mol. The first-order chi connectivity index (χ1) is 40.5. The topological polar surface area (TPSA) is 78.9 Å². The van der Waals surface area contributed by atoms with Gasteiger partial charge < -0.3 is 14.2 Å². The molecular formula is C76H134O6. The van der Waals surface area contributed by atoms with Crippen molar-refractivity contribution in [3.05, 3.63) is 85.1 Å². The van der Waals surface area contributed by atoms with E-state index in [0.717, 1.165) is 77.0 Å². The lowest BCUT2D eigenvalue weighted by Crippen LogP contribution is -2.30. The van der Waals surface area contributed by atoms with Crippen molar-refractivity contribution in [3.63, 3.8) is 0 Å². The van der Waals surface area contributed by atoms with Crippen LogP contribution >= 0.6 is 0 Å². The van der Waals surface area contributed by atoms with Crippen LogP contribution in [0.15, 0.2) is 85.1 Å². The van der Waals surface area contributed by atoms with Gasteiger partial charge in [0.25, 0.3) is 0 Å². The molecule has 0 radical (unpaired) electrons. The zero-order valence-corrected chi connectivity index (χ0v) is 54.5. The quantitative estimate of drug-likeness (QED) is 0.0261. The molecular weight excluding hydrogens is 1010 g/mol. The first-order valence-corrected chi connectivity index (χ1v) is 35.6. The normalized spacial score (nSPS) is 12.6. The Hall–Kier alpha value is -3.41. The molecule has 82 heavy (non-hydrogen) atoms. The summed E-state index contributed by atoms with van der Waals surface area (Å²) < 4.78 is 16.9. The molecule has 6 nitrogen and oxygen atoms in total. The minimum Gasteiger partial charge on any atom is -0.462 e. The zero-order valence-electron chi connectivity index (χ0n) is 54.5. The number of carbonyl (C=O) groups excluding carboxylic acids is 3. The minimum absolute atomic E-state index is 0.0971. The van der Waals surface area contributed by atoms with E-state index in [4.69, 9.17) is 14.2 Å². The molecule has 0 N–H and O–H groups in total. The number of rotatable bonds is 65. The molecule has 474 valence electrons. The van der Waals surface area contributed by atoms with Crippen LogP contribution in [0.25, 0.3) is 0 Å². The van der Waals surface area contributed by atoms with Gasteiger partial charge in [-0.15, -0.1) is 0 Å². The van der Waals surface area contributed by atoms with Crippen molar-refractivity contribution in [1.29, 1.82) is 0 Å². The van der Waals surface area contributed by atoms with Crippen molar-refractivity contribution in [3.8, 4) is 0 Å². The Bertz CT molecular complexity index is 1550. The third-order valence-corrected chi connectivity index (χ3v) is 15.6. The van der Waals surface area contributed by atoms with Crippen molar-refractivity contribution in [2.24, 2.45) is 0 Å². The molecule has 0 saturated heterocycles. The van der Waals surface area contributed by atoms with Gasteiger partial charge in [0.2, 0.25) is 0 Å². The zero-order chi connectivity index (χ0) is 59.2. The van der Waals surface area contributed by atoms with Gasteiger partial charge in [-0.3, -0.25) is 14.4 Å². The standard InChI is InChI=1S/C76H134O6/c1-4-7-10-13-16-19-22-25-27-29-31-33-35-37-39-40-42-44-46-48-51-54-57-60-63-66-69-75(78)81-72-73(71-80-74(77)68-65-62-59-56-53-50-24-21-18-15-12-9-6-3)82-76(79)70-67-64-61-58-55-52-49-47-45-43-41-38-36-34-32-30-28-26-23-20-17-14-11-8-5-2/h9,12,18,21,23,26,30,32,36,38,50,53,59,62,73H,4-8,10-11,13-17,19-20,22,24-25,27-29,31,33-35,37,39-49,51-52,54-58,60-61,63-72H2,1-3H3/b12-9-,21-18-,26-23-,32-30-,38-36-,53-50-,62-59-. The summed E-state index contributed by atoms with van der Waals surface area (Å²) in [7, 11) is 0. The number of unbranched alkanes of at least 4 members (excludes halogenated alkanes) is 40. The average Bonchev–Trinajstić information content (AvgIpc) is 3.47. The highest BCUT2D eigenvalue weighted by Gasteiger charge is 2.19. The van der Waals surface area contributed by atoms with Crippen LogP contribution < -0.4 is 0 Å². The highest BCUT2D eigenvalue weighted by Crippen LogP contribution is 2.18. The molecule has 0 amide bonds. The van der Waals surface area contributed by atoms with Gasteiger partial charge in [-0.25, -0.2) is 0 Å². The summed E-state index contributed by atoms with van der Waals surface area (Å²) >= 11 is 0. The molecule has 0 aliphatic rings. The van der Waals surface area contributed by atoms with Crippen molar-refractivity contribution in [1.82, 2.24) is 0 Å². The van der Waals surface area contributed by atoms with E-state index in [1.165, 1.54) is 238 Å². The maximum absolute atomic E-state index is 12.9. The predicted molar refractivity (Wildman–Crippen MR) is 358 cm³/mol. The van der Waals surface area contributed by atoms with Gasteiger partial charge in [-0.05, 0) is 83.5 Å². The molecule has 0 heterocycles. The summed E-state index contributed by atoms with van der Waals surface area (Å²) in [4.78, 5) is 38.4. The molecule has 0 aliphatic carbocycles. The second kappa shape index (κ2) is 70.1. The lowest BCUT2D eigenvalue weighted by atomic mass is 10.0. The molecule has 0 aromatic carbocycles. The number of allylic oxidation sites excluding steroid dienone is 14. The van der Waals surface area contributed by atoms with E-state index in [0.29, 0.717) is 19.3 Å². The summed E-state index contributed by atoms with van der Waals surface area (Å²) in [6, 6.07) is 0. The Morgan fingerprint density at radius 3 is 0.817 bits per heavy atom. The van der Waals surface area contributed by atoms with Crippen LogP contribution in [0.2, 0.25) is 0 Å². The van der Waals surface area contributed by atoms with Crippen LogP contribution in [0.4, 0.5) is 0 Å². The first kappa shape index (κ1) is 78.6. The van der Waals surface area contributed by atoms with Crippen LogP contribution in [0.1, 0.15) is 361 Å². The van der Waals surface area contributed by atoms with E-state index in [-0.39, 0.29) is 37.5 Å². The van der Waals surface area contributed by atoms with E-state index in [2.05, 4.69) is 99.8 Å². The average molecular weight is 1140 g/mol. The van der Waals surface area contributed by atoms with Gasteiger partial charge in [0.05, 0.1) is 0 Å². The molecule has 6 heteroatoms.